The van der Waals surface area contributed by atoms with E-state index >= 15 is 0 Å². The van der Waals surface area contributed by atoms with Crippen LogP contribution in [0.1, 0.15) is 34.0 Å². The van der Waals surface area contributed by atoms with E-state index in [4.69, 9.17) is 4.42 Å². The summed E-state index contributed by atoms with van der Waals surface area (Å²) in [7, 11) is 0. The Bertz CT molecular complexity index is 832. The number of rotatable bonds is 2. The molecule has 3 heteroatoms. The van der Waals surface area contributed by atoms with E-state index in [2.05, 4.69) is 0 Å². The molecular weight excluding hydrogens is 279 g/mol. The van der Waals surface area contributed by atoms with Crippen LogP contribution in [0.25, 0.3) is 11.3 Å². The molecule has 0 spiro atoms. The third-order valence-corrected chi connectivity index (χ3v) is 4.11. The number of benzene rings is 2. The number of fused-ring (bicyclic) bond motifs is 1. The summed E-state index contributed by atoms with van der Waals surface area (Å²) in [5.41, 5.74) is 2.81. The van der Waals surface area contributed by atoms with Crippen molar-refractivity contribution in [1.29, 1.82) is 0 Å². The van der Waals surface area contributed by atoms with E-state index in [9.17, 15) is 9.18 Å². The smallest absolute Gasteiger partial charge is 0.199 e. The van der Waals surface area contributed by atoms with E-state index in [1.807, 2.05) is 36.4 Å². The number of ketones is 1. The van der Waals surface area contributed by atoms with Crippen LogP contribution in [0.15, 0.2) is 65.1 Å². The van der Waals surface area contributed by atoms with Crippen molar-refractivity contribution in [3.05, 3.63) is 83.4 Å². The quantitative estimate of drug-likeness (QED) is 0.679. The van der Waals surface area contributed by atoms with Gasteiger partial charge >= 0.3 is 0 Å². The zero-order valence-electron chi connectivity index (χ0n) is 11.8. The molecule has 0 saturated carbocycles. The molecule has 0 N–H and O–H groups in total. The average molecular weight is 292 g/mol. The molecule has 1 aromatic heterocycles. The molecule has 0 saturated heterocycles. The van der Waals surface area contributed by atoms with E-state index in [1.165, 1.54) is 12.1 Å². The highest BCUT2D eigenvalue weighted by atomic mass is 19.1. The summed E-state index contributed by atoms with van der Waals surface area (Å²) in [6, 6.07) is 18.0. The Kier molecular flexibility index (Phi) is 2.93. The summed E-state index contributed by atoms with van der Waals surface area (Å²) in [5, 5.41) is 0. The van der Waals surface area contributed by atoms with Crippen LogP contribution in [-0.4, -0.2) is 5.78 Å². The number of carbonyl (C=O) groups excluding carboxylic acids is 1. The van der Waals surface area contributed by atoms with Gasteiger partial charge in [-0.15, -0.1) is 0 Å². The standard InChI is InChI=1S/C19H13FO2/c20-14-8-6-13(7-9-14)18-11-16-15(10-17(21)19(16)22-18)12-4-2-1-3-5-12/h1-9,11,15H,10H2. The summed E-state index contributed by atoms with van der Waals surface area (Å²) in [5.74, 6) is 0.826. The zero-order chi connectivity index (χ0) is 15.1. The predicted octanol–water partition coefficient (Wildman–Crippen LogP) is 4.80. The van der Waals surface area contributed by atoms with E-state index in [0.717, 1.165) is 16.7 Å². The lowest BCUT2D eigenvalue weighted by atomic mass is 9.94. The Morgan fingerprint density at radius 2 is 1.73 bits per heavy atom. The van der Waals surface area contributed by atoms with Gasteiger partial charge in [0.05, 0.1) is 0 Å². The summed E-state index contributed by atoms with van der Waals surface area (Å²) in [6.07, 6.45) is 0.446. The van der Waals surface area contributed by atoms with Crippen LogP contribution in [0, 0.1) is 5.82 Å². The maximum atomic E-state index is 13.0. The molecule has 1 heterocycles. The third-order valence-electron chi connectivity index (χ3n) is 4.11. The molecule has 2 aromatic carbocycles. The molecular formula is C19H13FO2. The highest BCUT2D eigenvalue weighted by Crippen LogP contribution is 2.41. The molecule has 0 aliphatic heterocycles. The summed E-state index contributed by atoms with van der Waals surface area (Å²) >= 11 is 0. The van der Waals surface area contributed by atoms with Crippen molar-refractivity contribution < 1.29 is 13.6 Å². The molecule has 1 atom stereocenters. The second kappa shape index (κ2) is 4.95. The number of hydrogen-bond acceptors (Lipinski definition) is 2. The molecule has 22 heavy (non-hydrogen) atoms. The first kappa shape index (κ1) is 13.0. The van der Waals surface area contributed by atoms with Gasteiger partial charge in [0.25, 0.3) is 0 Å². The van der Waals surface area contributed by atoms with Crippen molar-refractivity contribution in [2.24, 2.45) is 0 Å². The zero-order valence-corrected chi connectivity index (χ0v) is 11.8. The van der Waals surface area contributed by atoms with Crippen molar-refractivity contribution in [2.75, 3.05) is 0 Å². The lowest BCUT2D eigenvalue weighted by molar-refractivity contribution is 0.0967. The highest BCUT2D eigenvalue weighted by Gasteiger charge is 2.34. The lowest BCUT2D eigenvalue weighted by Crippen LogP contribution is -1.96. The van der Waals surface area contributed by atoms with Gasteiger partial charge in [-0.1, -0.05) is 30.3 Å². The van der Waals surface area contributed by atoms with Gasteiger partial charge in [-0.2, -0.15) is 0 Å². The van der Waals surface area contributed by atoms with Gasteiger partial charge < -0.3 is 4.42 Å². The molecule has 0 radical (unpaired) electrons. The van der Waals surface area contributed by atoms with Crippen molar-refractivity contribution in [3.63, 3.8) is 0 Å². The number of hydrogen-bond donors (Lipinski definition) is 0. The Balaban J connectivity index is 1.78. The first-order valence-corrected chi connectivity index (χ1v) is 7.20. The SMILES string of the molecule is O=C1CC(c2ccccc2)c2cc(-c3ccc(F)cc3)oc21. The van der Waals surface area contributed by atoms with Gasteiger partial charge in [-0.05, 0) is 35.9 Å². The molecule has 2 nitrogen and oxygen atoms in total. The van der Waals surface area contributed by atoms with Crippen LogP contribution in [0.2, 0.25) is 0 Å². The first-order chi connectivity index (χ1) is 10.7. The van der Waals surface area contributed by atoms with Crippen LogP contribution in [-0.2, 0) is 0 Å². The summed E-state index contributed by atoms with van der Waals surface area (Å²) in [6.45, 7) is 0. The Hall–Kier alpha value is -2.68. The van der Waals surface area contributed by atoms with Gasteiger partial charge in [-0.25, -0.2) is 4.39 Å². The van der Waals surface area contributed by atoms with Crippen molar-refractivity contribution in [3.8, 4) is 11.3 Å². The Morgan fingerprint density at radius 3 is 2.45 bits per heavy atom. The maximum absolute atomic E-state index is 13.0. The molecule has 0 amide bonds. The van der Waals surface area contributed by atoms with Crippen LogP contribution < -0.4 is 0 Å². The first-order valence-electron chi connectivity index (χ1n) is 7.20. The van der Waals surface area contributed by atoms with Crippen molar-refractivity contribution in [1.82, 2.24) is 0 Å². The van der Waals surface area contributed by atoms with E-state index in [-0.39, 0.29) is 17.5 Å². The second-order valence-corrected chi connectivity index (χ2v) is 5.49. The molecule has 3 aromatic rings. The van der Waals surface area contributed by atoms with Gasteiger partial charge in [0.1, 0.15) is 11.6 Å². The fourth-order valence-electron chi connectivity index (χ4n) is 3.01. The lowest BCUT2D eigenvalue weighted by Gasteiger charge is -2.08. The van der Waals surface area contributed by atoms with E-state index < -0.39 is 0 Å². The van der Waals surface area contributed by atoms with Gasteiger partial charge in [0, 0.05) is 23.5 Å². The van der Waals surface area contributed by atoms with Crippen LogP contribution in [0.3, 0.4) is 0 Å². The fraction of sp³-hybridized carbons (Fsp3) is 0.105. The predicted molar refractivity (Wildman–Crippen MR) is 81.3 cm³/mol. The van der Waals surface area contributed by atoms with Crippen LogP contribution in [0.4, 0.5) is 4.39 Å². The normalized spacial score (nSPS) is 16.8. The van der Waals surface area contributed by atoms with Crippen molar-refractivity contribution in [2.45, 2.75) is 12.3 Å². The topological polar surface area (TPSA) is 30.2 Å². The number of carbonyl (C=O) groups is 1. The molecule has 4 rings (SSSR count). The Morgan fingerprint density at radius 1 is 1.00 bits per heavy atom. The number of furan rings is 1. The second-order valence-electron chi connectivity index (χ2n) is 5.49. The van der Waals surface area contributed by atoms with Gasteiger partial charge in [0.15, 0.2) is 11.5 Å². The minimum Gasteiger partial charge on any atom is -0.453 e. The number of Topliss-reactive ketones (excluding diaryl/α,β-unsaturated/α-hetero) is 1. The average Bonchev–Trinajstić information content (AvgIpc) is 3.10. The third kappa shape index (κ3) is 2.06. The van der Waals surface area contributed by atoms with Gasteiger partial charge in [-0.3, -0.25) is 4.79 Å². The molecule has 0 fully saturated rings. The van der Waals surface area contributed by atoms with Crippen LogP contribution in [0.5, 0.6) is 0 Å². The van der Waals surface area contributed by atoms with Crippen LogP contribution >= 0.6 is 0 Å². The Labute approximate surface area is 127 Å². The summed E-state index contributed by atoms with van der Waals surface area (Å²) < 4.78 is 18.8. The molecule has 0 bridgehead atoms. The van der Waals surface area contributed by atoms with Gasteiger partial charge in [0.2, 0.25) is 0 Å². The van der Waals surface area contributed by atoms with E-state index in [1.54, 1.807) is 12.1 Å². The fourth-order valence-corrected chi connectivity index (χ4v) is 3.01. The molecule has 1 aliphatic carbocycles. The molecule has 1 aliphatic rings. The minimum absolute atomic E-state index is 0.0252. The van der Waals surface area contributed by atoms with Crippen molar-refractivity contribution >= 4 is 5.78 Å². The largest absolute Gasteiger partial charge is 0.453 e. The monoisotopic (exact) mass is 292 g/mol. The summed E-state index contributed by atoms with van der Waals surface area (Å²) in [4.78, 5) is 12.2. The molecule has 108 valence electrons. The number of halogens is 1. The maximum Gasteiger partial charge on any atom is 0.199 e. The van der Waals surface area contributed by atoms with E-state index in [0.29, 0.717) is 17.9 Å². The molecule has 1 unspecified atom stereocenters. The minimum atomic E-state index is -0.291. The highest BCUT2D eigenvalue weighted by molar-refractivity contribution is 6.00.